The molecule has 158 valence electrons. The summed E-state index contributed by atoms with van der Waals surface area (Å²) in [6.45, 7) is 9.18. The van der Waals surface area contributed by atoms with Gasteiger partial charge in [0.2, 0.25) is 5.78 Å². The fourth-order valence-electron chi connectivity index (χ4n) is 4.76. The molecule has 0 bridgehead atoms. The van der Waals surface area contributed by atoms with E-state index in [1.807, 2.05) is 18.2 Å². The number of fused-ring (bicyclic) bond motifs is 1. The van der Waals surface area contributed by atoms with Crippen LogP contribution in [0.15, 0.2) is 48.5 Å². The number of aromatic nitrogens is 1. The second-order valence-corrected chi connectivity index (χ2v) is 8.43. The van der Waals surface area contributed by atoms with Gasteiger partial charge in [0.15, 0.2) is 0 Å². The third kappa shape index (κ3) is 4.13. The van der Waals surface area contributed by atoms with Crippen LogP contribution >= 0.6 is 0 Å². The normalized spacial score (nSPS) is 21.7. The largest absolute Gasteiger partial charge is 0.497 e. The number of ether oxygens (including phenoxy) is 2. The van der Waals surface area contributed by atoms with E-state index in [0.717, 1.165) is 47.5 Å². The zero-order chi connectivity index (χ0) is 21.3. The average Bonchev–Trinajstić information content (AvgIpc) is 2.98. The Bertz CT molecular complexity index is 1030. The number of hydrogen-bond acceptors (Lipinski definition) is 3. The summed E-state index contributed by atoms with van der Waals surface area (Å²) in [7, 11) is 1.66. The topological polar surface area (TPSA) is 44.9 Å². The maximum atomic E-state index is 13.5. The van der Waals surface area contributed by atoms with Crippen molar-refractivity contribution in [2.45, 2.75) is 39.5 Å². The van der Waals surface area contributed by atoms with Crippen LogP contribution in [-0.2, 0) is 11.3 Å². The molecule has 2 aromatic carbocycles. The molecule has 2 atom stereocenters. The molecule has 1 fully saturated rings. The highest BCUT2D eigenvalue weighted by molar-refractivity contribution is 6.10. The number of Topliss-reactive ketones (excluding diaryl/α,β-unsaturated/α-hetero) is 1. The van der Waals surface area contributed by atoms with E-state index < -0.39 is 0 Å². The molecule has 2 heterocycles. The Labute approximate surface area is 178 Å². The molecule has 3 aromatic rings. The number of morpholine rings is 1. The number of ketones is 1. The first kappa shape index (κ1) is 20.6. The average molecular weight is 408 g/mol. The Hall–Kier alpha value is -2.63. The van der Waals surface area contributed by atoms with Gasteiger partial charge in [-0.3, -0.25) is 4.79 Å². The third-order valence-electron chi connectivity index (χ3n) is 6.02. The number of carbonyl (C=O) groups is 1. The molecule has 1 N–H and O–H groups in total. The number of quaternary nitrogens is 1. The van der Waals surface area contributed by atoms with Gasteiger partial charge in [0, 0.05) is 23.1 Å². The lowest BCUT2D eigenvalue weighted by Gasteiger charge is -2.32. The molecule has 4 rings (SSSR count). The minimum atomic E-state index is 0.178. The molecule has 0 aliphatic carbocycles. The zero-order valence-corrected chi connectivity index (χ0v) is 18.3. The summed E-state index contributed by atoms with van der Waals surface area (Å²) in [4.78, 5) is 14.8. The lowest BCUT2D eigenvalue weighted by molar-refractivity contribution is -0.906. The summed E-state index contributed by atoms with van der Waals surface area (Å²) in [5.74, 6) is 0.961. The molecule has 5 heteroatoms. The van der Waals surface area contributed by atoms with E-state index in [1.165, 1.54) is 10.5 Å². The standard InChI is InChI=1S/C25H30N2O3/c1-17-13-26(14-18(2)30-17)16-24(28)25-19(3)27(15-20-8-6-5-7-9-20)23-11-10-21(29-4)12-22(23)25/h5-12,17-18H,13-16H2,1-4H3/p+1/t17-,18-/m1/s1. The van der Waals surface area contributed by atoms with Gasteiger partial charge in [-0.25, -0.2) is 0 Å². The van der Waals surface area contributed by atoms with Gasteiger partial charge < -0.3 is 18.9 Å². The van der Waals surface area contributed by atoms with Gasteiger partial charge in [0.25, 0.3) is 0 Å². The minimum Gasteiger partial charge on any atom is -0.497 e. The fraction of sp³-hybridized carbons (Fsp3) is 0.400. The SMILES string of the molecule is COc1ccc2c(c1)c(C(=O)C[NH+]1C[C@@H](C)O[C@H](C)C1)c(C)n2Cc1ccccc1. The van der Waals surface area contributed by atoms with Crippen molar-refractivity contribution >= 4 is 16.7 Å². The van der Waals surface area contributed by atoms with Gasteiger partial charge in [0.1, 0.15) is 37.6 Å². The van der Waals surface area contributed by atoms with Crippen molar-refractivity contribution in [3.63, 3.8) is 0 Å². The third-order valence-corrected chi connectivity index (χ3v) is 6.02. The summed E-state index contributed by atoms with van der Waals surface area (Å²) in [6, 6.07) is 16.4. The summed E-state index contributed by atoms with van der Waals surface area (Å²) in [5.41, 5.74) is 4.12. The van der Waals surface area contributed by atoms with Crippen molar-refractivity contribution in [3.8, 4) is 5.75 Å². The number of hydrogen-bond donors (Lipinski definition) is 1. The zero-order valence-electron chi connectivity index (χ0n) is 18.3. The molecule has 1 aromatic heterocycles. The maximum Gasteiger partial charge on any atom is 0.219 e. The van der Waals surface area contributed by atoms with Crippen molar-refractivity contribution in [1.29, 1.82) is 0 Å². The van der Waals surface area contributed by atoms with E-state index in [9.17, 15) is 4.79 Å². The van der Waals surface area contributed by atoms with Crippen molar-refractivity contribution in [2.24, 2.45) is 0 Å². The van der Waals surface area contributed by atoms with Crippen molar-refractivity contribution in [1.82, 2.24) is 4.57 Å². The van der Waals surface area contributed by atoms with E-state index in [0.29, 0.717) is 6.54 Å². The van der Waals surface area contributed by atoms with Gasteiger partial charge in [-0.1, -0.05) is 30.3 Å². The van der Waals surface area contributed by atoms with Gasteiger partial charge in [-0.05, 0) is 44.5 Å². The molecular formula is C25H31N2O3+. The van der Waals surface area contributed by atoms with Gasteiger partial charge >= 0.3 is 0 Å². The molecule has 0 unspecified atom stereocenters. The van der Waals surface area contributed by atoms with Crippen LogP contribution in [0, 0.1) is 6.92 Å². The predicted molar refractivity (Wildman–Crippen MR) is 119 cm³/mol. The summed E-state index contributed by atoms with van der Waals surface area (Å²) < 4.78 is 13.6. The lowest BCUT2D eigenvalue weighted by Crippen LogP contribution is -3.16. The summed E-state index contributed by atoms with van der Waals surface area (Å²) in [6.07, 6.45) is 0.356. The first-order valence-corrected chi connectivity index (χ1v) is 10.7. The van der Waals surface area contributed by atoms with Crippen LogP contribution in [0.4, 0.5) is 0 Å². The molecule has 1 saturated heterocycles. The Balaban J connectivity index is 1.72. The lowest BCUT2D eigenvalue weighted by atomic mass is 10.1. The Morgan fingerprint density at radius 1 is 1.13 bits per heavy atom. The van der Waals surface area contributed by atoms with Crippen molar-refractivity contribution in [2.75, 3.05) is 26.7 Å². The molecule has 1 aliphatic heterocycles. The first-order chi connectivity index (χ1) is 14.5. The van der Waals surface area contributed by atoms with Gasteiger partial charge in [0.05, 0.1) is 12.7 Å². The molecule has 1 aliphatic rings. The van der Waals surface area contributed by atoms with Crippen LogP contribution in [0.1, 0.15) is 35.5 Å². The fourth-order valence-corrected chi connectivity index (χ4v) is 4.76. The molecule has 30 heavy (non-hydrogen) atoms. The van der Waals surface area contributed by atoms with Crippen molar-refractivity contribution in [3.05, 3.63) is 65.4 Å². The van der Waals surface area contributed by atoms with Crippen LogP contribution in [0.25, 0.3) is 10.9 Å². The van der Waals surface area contributed by atoms with Crippen LogP contribution in [-0.4, -0.2) is 49.3 Å². The van der Waals surface area contributed by atoms with Crippen molar-refractivity contribution < 1.29 is 19.2 Å². The summed E-state index contributed by atoms with van der Waals surface area (Å²) in [5, 5.41) is 0.974. The van der Waals surface area contributed by atoms with E-state index in [-0.39, 0.29) is 18.0 Å². The van der Waals surface area contributed by atoms with Crippen LogP contribution in [0.2, 0.25) is 0 Å². The second-order valence-electron chi connectivity index (χ2n) is 8.43. The molecule has 0 amide bonds. The quantitative estimate of drug-likeness (QED) is 0.639. The van der Waals surface area contributed by atoms with Gasteiger partial charge in [-0.2, -0.15) is 0 Å². The smallest absolute Gasteiger partial charge is 0.219 e. The predicted octanol–water partition coefficient (Wildman–Crippen LogP) is 2.88. The Morgan fingerprint density at radius 2 is 1.83 bits per heavy atom. The minimum absolute atomic E-state index is 0.178. The Morgan fingerprint density at radius 3 is 2.50 bits per heavy atom. The number of rotatable bonds is 6. The van der Waals surface area contributed by atoms with Crippen LogP contribution in [0.3, 0.4) is 0 Å². The highest BCUT2D eigenvalue weighted by Gasteiger charge is 2.29. The number of nitrogens with zero attached hydrogens (tertiary/aromatic N) is 1. The molecule has 0 spiro atoms. The summed E-state index contributed by atoms with van der Waals surface area (Å²) >= 11 is 0. The molecule has 5 nitrogen and oxygen atoms in total. The monoisotopic (exact) mass is 407 g/mol. The van der Waals surface area contributed by atoms with E-state index in [1.54, 1.807) is 7.11 Å². The number of benzene rings is 2. The first-order valence-electron chi connectivity index (χ1n) is 10.7. The molecule has 0 radical (unpaired) electrons. The number of methoxy groups -OCH3 is 1. The molecule has 0 saturated carbocycles. The Kier molecular flexibility index (Phi) is 5.93. The second kappa shape index (κ2) is 8.62. The molecular weight excluding hydrogens is 376 g/mol. The number of carbonyl (C=O) groups excluding carboxylic acids is 1. The number of nitrogens with one attached hydrogen (secondary N) is 1. The highest BCUT2D eigenvalue weighted by atomic mass is 16.5. The van der Waals surface area contributed by atoms with E-state index in [4.69, 9.17) is 9.47 Å². The van der Waals surface area contributed by atoms with Gasteiger partial charge in [-0.15, -0.1) is 0 Å². The maximum absolute atomic E-state index is 13.5. The van der Waals surface area contributed by atoms with E-state index in [2.05, 4.69) is 55.7 Å². The highest BCUT2D eigenvalue weighted by Crippen LogP contribution is 2.30. The van der Waals surface area contributed by atoms with Crippen LogP contribution < -0.4 is 9.64 Å². The van der Waals surface area contributed by atoms with Crippen LogP contribution in [0.5, 0.6) is 5.75 Å². The van der Waals surface area contributed by atoms with E-state index >= 15 is 0 Å².